The highest BCUT2D eigenvalue weighted by atomic mass is 32.2. The number of phenolic OH excluding ortho intramolecular Hbond substituents is 1. The molecule has 0 unspecified atom stereocenters. The van der Waals surface area contributed by atoms with Gasteiger partial charge in [-0.25, -0.2) is 4.79 Å². The van der Waals surface area contributed by atoms with Crippen LogP contribution in [-0.2, 0) is 4.79 Å². The second kappa shape index (κ2) is 6.30. The van der Waals surface area contributed by atoms with Gasteiger partial charge < -0.3 is 10.2 Å². The summed E-state index contributed by atoms with van der Waals surface area (Å²) in [4.78, 5) is 12.5. The number of aliphatic carboxylic acids is 1. The molecule has 102 valence electrons. The fraction of sp³-hybridized carbons (Fsp3) is 0.0625. The largest absolute Gasteiger partial charge is 0.507 e. The first-order valence-electron chi connectivity index (χ1n) is 6.00. The van der Waals surface area contributed by atoms with Gasteiger partial charge in [0.2, 0.25) is 0 Å². The van der Waals surface area contributed by atoms with Gasteiger partial charge in [-0.15, -0.1) is 11.8 Å². The van der Waals surface area contributed by atoms with Crippen LogP contribution in [0.2, 0.25) is 0 Å². The van der Waals surface area contributed by atoms with Crippen molar-refractivity contribution in [2.75, 3.05) is 6.26 Å². The first kappa shape index (κ1) is 14.2. The standard InChI is InChI=1S/C16H14O3S/c1-20-15-9-5-2-6-11(15)10-13(16(18)19)12-7-3-4-8-14(12)17/h2-10,17H,1H3,(H,18,19). The maximum absolute atomic E-state index is 11.5. The Balaban J connectivity index is 2.57. The van der Waals surface area contributed by atoms with E-state index in [4.69, 9.17) is 0 Å². The lowest BCUT2D eigenvalue weighted by Gasteiger charge is -2.07. The molecule has 3 nitrogen and oxygen atoms in total. The topological polar surface area (TPSA) is 57.5 Å². The zero-order valence-electron chi connectivity index (χ0n) is 10.9. The maximum atomic E-state index is 11.5. The molecule has 0 heterocycles. The average Bonchev–Trinajstić information content (AvgIpc) is 2.46. The van der Waals surface area contributed by atoms with Gasteiger partial charge in [0.15, 0.2) is 0 Å². The van der Waals surface area contributed by atoms with Gasteiger partial charge in [-0.1, -0.05) is 36.4 Å². The van der Waals surface area contributed by atoms with Crippen molar-refractivity contribution in [2.24, 2.45) is 0 Å². The van der Waals surface area contributed by atoms with Gasteiger partial charge in [-0.05, 0) is 30.0 Å². The van der Waals surface area contributed by atoms with E-state index in [1.807, 2.05) is 30.5 Å². The van der Waals surface area contributed by atoms with Crippen LogP contribution in [0.25, 0.3) is 11.6 Å². The molecule has 0 saturated heterocycles. The highest BCUT2D eigenvalue weighted by molar-refractivity contribution is 7.98. The summed E-state index contributed by atoms with van der Waals surface area (Å²) >= 11 is 1.55. The van der Waals surface area contributed by atoms with Crippen molar-refractivity contribution in [3.8, 4) is 5.75 Å². The minimum atomic E-state index is -1.07. The number of phenols is 1. The van der Waals surface area contributed by atoms with Crippen LogP contribution in [0.15, 0.2) is 53.4 Å². The van der Waals surface area contributed by atoms with Crippen LogP contribution in [-0.4, -0.2) is 22.4 Å². The summed E-state index contributed by atoms with van der Waals surface area (Å²) in [5.41, 5.74) is 1.21. The van der Waals surface area contributed by atoms with E-state index in [9.17, 15) is 15.0 Å². The molecule has 0 spiro atoms. The van der Waals surface area contributed by atoms with E-state index in [0.717, 1.165) is 10.5 Å². The first-order chi connectivity index (χ1) is 9.63. The second-order valence-corrected chi connectivity index (χ2v) is 4.97. The van der Waals surface area contributed by atoms with Gasteiger partial charge >= 0.3 is 5.97 Å². The van der Waals surface area contributed by atoms with Gasteiger partial charge in [0.05, 0.1) is 5.57 Å². The third kappa shape index (κ3) is 3.03. The molecule has 0 saturated carbocycles. The molecule has 0 fully saturated rings. The molecule has 0 aliphatic heterocycles. The van der Waals surface area contributed by atoms with E-state index in [1.165, 1.54) is 6.07 Å². The molecular formula is C16H14O3S. The summed E-state index contributed by atoms with van der Waals surface area (Å²) in [5, 5.41) is 19.2. The van der Waals surface area contributed by atoms with Crippen molar-refractivity contribution in [2.45, 2.75) is 4.90 Å². The van der Waals surface area contributed by atoms with Gasteiger partial charge in [-0.3, -0.25) is 0 Å². The normalized spacial score (nSPS) is 11.3. The minimum absolute atomic E-state index is 0.0391. The summed E-state index contributed by atoms with van der Waals surface area (Å²) in [6, 6.07) is 14.0. The molecule has 2 aromatic rings. The Bertz CT molecular complexity index is 662. The number of thioether (sulfide) groups is 1. The van der Waals surface area contributed by atoms with Gasteiger partial charge in [0.25, 0.3) is 0 Å². The molecule has 0 atom stereocenters. The lowest BCUT2D eigenvalue weighted by atomic mass is 10.0. The van der Waals surface area contributed by atoms with Gasteiger partial charge in [0, 0.05) is 10.5 Å². The molecule has 0 amide bonds. The maximum Gasteiger partial charge on any atom is 0.336 e. The molecule has 2 aromatic carbocycles. The smallest absolute Gasteiger partial charge is 0.336 e. The minimum Gasteiger partial charge on any atom is -0.507 e. The molecule has 20 heavy (non-hydrogen) atoms. The number of hydrogen-bond acceptors (Lipinski definition) is 3. The number of carbonyl (C=O) groups is 1. The zero-order chi connectivity index (χ0) is 14.5. The van der Waals surface area contributed by atoms with E-state index in [0.29, 0.717) is 5.56 Å². The van der Waals surface area contributed by atoms with Crippen molar-refractivity contribution in [1.29, 1.82) is 0 Å². The van der Waals surface area contributed by atoms with Gasteiger partial charge in [-0.2, -0.15) is 0 Å². The molecule has 0 aliphatic carbocycles. The molecule has 0 bridgehead atoms. The van der Waals surface area contributed by atoms with Crippen molar-refractivity contribution in [3.05, 3.63) is 59.7 Å². The van der Waals surface area contributed by atoms with Crippen LogP contribution >= 0.6 is 11.8 Å². The summed E-state index contributed by atoms with van der Waals surface area (Å²) in [6.45, 7) is 0. The summed E-state index contributed by atoms with van der Waals surface area (Å²) in [7, 11) is 0. The monoisotopic (exact) mass is 286 g/mol. The van der Waals surface area contributed by atoms with Crippen molar-refractivity contribution in [3.63, 3.8) is 0 Å². The van der Waals surface area contributed by atoms with E-state index >= 15 is 0 Å². The Hall–Kier alpha value is -2.20. The number of hydrogen-bond donors (Lipinski definition) is 2. The number of carboxylic acids is 1. The highest BCUT2D eigenvalue weighted by Gasteiger charge is 2.14. The van der Waals surface area contributed by atoms with Crippen molar-refractivity contribution >= 4 is 29.4 Å². The predicted octanol–water partition coefficient (Wildman–Crippen LogP) is 3.74. The molecule has 2 rings (SSSR count). The second-order valence-electron chi connectivity index (χ2n) is 4.12. The fourth-order valence-electron chi connectivity index (χ4n) is 1.90. The Morgan fingerprint density at radius 1 is 1.10 bits per heavy atom. The number of aromatic hydroxyl groups is 1. The van der Waals surface area contributed by atoms with Crippen molar-refractivity contribution < 1.29 is 15.0 Å². The highest BCUT2D eigenvalue weighted by Crippen LogP contribution is 2.29. The van der Waals surface area contributed by atoms with Crippen LogP contribution in [0.5, 0.6) is 5.75 Å². The predicted molar refractivity (Wildman–Crippen MR) is 81.8 cm³/mol. The van der Waals surface area contributed by atoms with Crippen LogP contribution < -0.4 is 0 Å². The van der Waals surface area contributed by atoms with Crippen LogP contribution in [0.1, 0.15) is 11.1 Å². The molecule has 0 aliphatic rings. The number of para-hydroxylation sites is 1. The quantitative estimate of drug-likeness (QED) is 0.510. The van der Waals surface area contributed by atoms with Crippen molar-refractivity contribution in [1.82, 2.24) is 0 Å². The molecule has 4 heteroatoms. The summed E-state index contributed by atoms with van der Waals surface area (Å²) < 4.78 is 0. The van der Waals surface area contributed by atoms with Crippen LogP contribution in [0.4, 0.5) is 0 Å². The number of carboxylic acid groups (broad SMARTS) is 1. The van der Waals surface area contributed by atoms with Crippen LogP contribution in [0.3, 0.4) is 0 Å². The molecular weight excluding hydrogens is 272 g/mol. The Morgan fingerprint density at radius 3 is 2.40 bits per heavy atom. The lowest BCUT2D eigenvalue weighted by molar-refractivity contribution is -0.130. The molecule has 2 N–H and O–H groups in total. The van der Waals surface area contributed by atoms with E-state index < -0.39 is 5.97 Å². The Labute approximate surface area is 121 Å². The lowest BCUT2D eigenvalue weighted by Crippen LogP contribution is -2.00. The van der Waals surface area contributed by atoms with Crippen LogP contribution in [0, 0.1) is 0 Å². The third-order valence-corrected chi connectivity index (χ3v) is 3.68. The molecule has 0 aromatic heterocycles. The Kier molecular flexibility index (Phi) is 4.48. The van der Waals surface area contributed by atoms with E-state index in [1.54, 1.807) is 36.0 Å². The Morgan fingerprint density at radius 2 is 1.75 bits per heavy atom. The molecule has 0 radical (unpaired) electrons. The van der Waals surface area contributed by atoms with Gasteiger partial charge in [0.1, 0.15) is 5.75 Å². The number of benzene rings is 2. The SMILES string of the molecule is CSc1ccccc1C=C(C(=O)O)c1ccccc1O. The van der Waals surface area contributed by atoms with E-state index in [2.05, 4.69) is 0 Å². The number of rotatable bonds is 4. The zero-order valence-corrected chi connectivity index (χ0v) is 11.7. The summed E-state index contributed by atoms with van der Waals surface area (Å²) in [5.74, 6) is -1.11. The third-order valence-electron chi connectivity index (χ3n) is 2.86. The fourth-order valence-corrected chi connectivity index (χ4v) is 2.47. The summed E-state index contributed by atoms with van der Waals surface area (Å²) in [6.07, 6.45) is 3.52. The first-order valence-corrected chi connectivity index (χ1v) is 7.22. The average molecular weight is 286 g/mol. The van der Waals surface area contributed by atoms with E-state index in [-0.39, 0.29) is 11.3 Å².